The van der Waals surface area contributed by atoms with Gasteiger partial charge in [-0.2, -0.15) is 0 Å². The molecule has 1 N–H and O–H groups in total. The molecule has 1 aromatic rings. The molecule has 2 aliphatic carbocycles. The van der Waals surface area contributed by atoms with E-state index in [0.29, 0.717) is 6.04 Å². The van der Waals surface area contributed by atoms with Crippen molar-refractivity contribution in [3.8, 4) is 0 Å². The topological polar surface area (TPSA) is 35.6 Å². The second-order valence-electron chi connectivity index (χ2n) is 8.88. The molecule has 0 unspecified atom stereocenters. The Labute approximate surface area is 174 Å². The van der Waals surface area contributed by atoms with Gasteiger partial charge in [0, 0.05) is 37.8 Å². The maximum absolute atomic E-state index is 14.0. The summed E-state index contributed by atoms with van der Waals surface area (Å²) in [5.41, 5.74) is 1.74. The van der Waals surface area contributed by atoms with E-state index in [1.54, 1.807) is 12.1 Å². The largest absolute Gasteiger partial charge is 0.367 e. The Balaban J connectivity index is 1.13. The van der Waals surface area contributed by atoms with Crippen LogP contribution in [0.3, 0.4) is 0 Å². The minimum absolute atomic E-state index is 0.117. The van der Waals surface area contributed by atoms with E-state index >= 15 is 0 Å². The van der Waals surface area contributed by atoms with Gasteiger partial charge >= 0.3 is 0 Å². The number of para-hydroxylation sites is 1. The van der Waals surface area contributed by atoms with Crippen LogP contribution in [0.1, 0.15) is 51.4 Å². The number of piperazine rings is 1. The standard InChI is InChI=1S/C24H34FN3O/c25-22-7-3-4-8-23(22)28-17-15-27(16-18-28)14-13-19-9-11-21(12-10-19)26-24(29)20-5-1-2-6-20/h3-5,7-8,19,21H,1-2,6,9-18H2,(H,26,29)/t19-,21-. The van der Waals surface area contributed by atoms with Crippen LogP contribution in [0.5, 0.6) is 0 Å². The van der Waals surface area contributed by atoms with Crippen molar-refractivity contribution in [2.75, 3.05) is 37.6 Å². The predicted octanol–water partition coefficient (Wildman–Crippen LogP) is 4.12. The quantitative estimate of drug-likeness (QED) is 0.782. The summed E-state index contributed by atoms with van der Waals surface area (Å²) in [5.74, 6) is 0.839. The molecule has 0 bridgehead atoms. The molecule has 4 rings (SSSR count). The molecule has 0 radical (unpaired) electrons. The number of amides is 1. The second kappa shape index (κ2) is 9.75. The van der Waals surface area contributed by atoms with Crippen LogP contribution in [-0.4, -0.2) is 49.6 Å². The molecule has 1 amide bonds. The van der Waals surface area contributed by atoms with E-state index in [1.165, 1.54) is 19.3 Å². The summed E-state index contributed by atoms with van der Waals surface area (Å²) >= 11 is 0. The summed E-state index contributed by atoms with van der Waals surface area (Å²) in [7, 11) is 0. The van der Waals surface area contributed by atoms with Gasteiger partial charge in [0.2, 0.25) is 5.91 Å². The fraction of sp³-hybridized carbons (Fsp3) is 0.625. The number of carbonyl (C=O) groups excluding carboxylic acids is 1. The number of halogens is 1. The van der Waals surface area contributed by atoms with Crippen molar-refractivity contribution >= 4 is 11.6 Å². The molecule has 29 heavy (non-hydrogen) atoms. The molecular weight excluding hydrogens is 365 g/mol. The molecule has 0 spiro atoms. The van der Waals surface area contributed by atoms with E-state index < -0.39 is 0 Å². The van der Waals surface area contributed by atoms with Crippen LogP contribution < -0.4 is 10.2 Å². The van der Waals surface area contributed by atoms with Crippen molar-refractivity contribution in [1.29, 1.82) is 0 Å². The van der Waals surface area contributed by atoms with E-state index in [-0.39, 0.29) is 11.7 Å². The van der Waals surface area contributed by atoms with Crippen molar-refractivity contribution in [3.63, 3.8) is 0 Å². The van der Waals surface area contributed by atoms with Gasteiger partial charge in [0.1, 0.15) is 5.82 Å². The lowest BCUT2D eigenvalue weighted by atomic mass is 9.84. The SMILES string of the molecule is O=C(N[C@H]1CC[C@H](CCN2CCN(c3ccccc3F)CC2)CC1)C1=CCCC1. The summed E-state index contributed by atoms with van der Waals surface area (Å²) in [6, 6.07) is 7.45. The Hall–Kier alpha value is -1.88. The van der Waals surface area contributed by atoms with Crippen LogP contribution >= 0.6 is 0 Å². The highest BCUT2D eigenvalue weighted by Gasteiger charge is 2.25. The number of nitrogens with zero attached hydrogens (tertiary/aromatic N) is 2. The Kier molecular flexibility index (Phi) is 6.86. The van der Waals surface area contributed by atoms with Crippen LogP contribution in [0.4, 0.5) is 10.1 Å². The van der Waals surface area contributed by atoms with Gasteiger partial charge in [-0.25, -0.2) is 4.39 Å². The summed E-state index contributed by atoms with van der Waals surface area (Å²) in [5, 5.41) is 3.26. The molecular formula is C24H34FN3O. The number of nitrogens with one attached hydrogen (secondary N) is 1. The number of rotatable bonds is 6. The lowest BCUT2D eigenvalue weighted by molar-refractivity contribution is -0.118. The lowest BCUT2D eigenvalue weighted by Crippen LogP contribution is -2.47. The van der Waals surface area contributed by atoms with Crippen LogP contribution in [0.15, 0.2) is 35.9 Å². The van der Waals surface area contributed by atoms with Crippen molar-refractivity contribution in [3.05, 3.63) is 41.7 Å². The maximum Gasteiger partial charge on any atom is 0.247 e. The first-order valence-corrected chi connectivity index (χ1v) is 11.4. The van der Waals surface area contributed by atoms with Crippen LogP contribution in [-0.2, 0) is 4.79 Å². The van der Waals surface area contributed by atoms with E-state index in [2.05, 4.69) is 21.2 Å². The number of anilines is 1. The normalized spacial score (nSPS) is 25.7. The van der Waals surface area contributed by atoms with Crippen molar-refractivity contribution < 1.29 is 9.18 Å². The number of hydrogen-bond donors (Lipinski definition) is 1. The van der Waals surface area contributed by atoms with Gasteiger partial charge in [-0.3, -0.25) is 9.69 Å². The van der Waals surface area contributed by atoms with Crippen molar-refractivity contribution in [2.24, 2.45) is 5.92 Å². The summed E-state index contributed by atoms with van der Waals surface area (Å²) < 4.78 is 14.0. The van der Waals surface area contributed by atoms with Gasteiger partial charge in [0.15, 0.2) is 0 Å². The summed E-state index contributed by atoms with van der Waals surface area (Å²) in [6.07, 6.45) is 11.2. The average Bonchev–Trinajstić information content (AvgIpc) is 3.29. The van der Waals surface area contributed by atoms with Gasteiger partial charge in [-0.1, -0.05) is 18.2 Å². The Morgan fingerprint density at radius 2 is 1.83 bits per heavy atom. The van der Waals surface area contributed by atoms with Gasteiger partial charge < -0.3 is 10.2 Å². The van der Waals surface area contributed by atoms with Crippen LogP contribution in [0.25, 0.3) is 0 Å². The zero-order valence-corrected chi connectivity index (χ0v) is 17.4. The number of hydrogen-bond acceptors (Lipinski definition) is 3. The van der Waals surface area contributed by atoms with Crippen molar-refractivity contribution in [2.45, 2.75) is 57.4 Å². The third-order valence-electron chi connectivity index (χ3n) is 6.93. The van der Waals surface area contributed by atoms with Crippen LogP contribution in [0.2, 0.25) is 0 Å². The second-order valence-corrected chi connectivity index (χ2v) is 8.88. The van der Waals surface area contributed by atoms with Crippen molar-refractivity contribution in [1.82, 2.24) is 10.2 Å². The predicted molar refractivity (Wildman–Crippen MR) is 115 cm³/mol. The highest BCUT2D eigenvalue weighted by molar-refractivity contribution is 5.93. The van der Waals surface area contributed by atoms with E-state index in [4.69, 9.17) is 0 Å². The molecule has 5 heteroatoms. The minimum Gasteiger partial charge on any atom is -0.367 e. The van der Waals surface area contributed by atoms with Gasteiger partial charge in [0.05, 0.1) is 5.69 Å². The van der Waals surface area contributed by atoms with Crippen LogP contribution in [0, 0.1) is 11.7 Å². The first-order chi connectivity index (χ1) is 14.2. The molecule has 1 saturated heterocycles. The smallest absolute Gasteiger partial charge is 0.247 e. The molecule has 3 aliphatic rings. The molecule has 1 aliphatic heterocycles. The average molecular weight is 400 g/mol. The first-order valence-electron chi connectivity index (χ1n) is 11.4. The fourth-order valence-electron chi connectivity index (χ4n) is 5.04. The van der Waals surface area contributed by atoms with E-state index in [0.717, 1.165) is 82.0 Å². The molecule has 0 atom stereocenters. The molecule has 1 heterocycles. The third kappa shape index (κ3) is 5.39. The monoisotopic (exact) mass is 399 g/mol. The first kappa shape index (κ1) is 20.4. The molecule has 0 aromatic heterocycles. The highest BCUT2D eigenvalue weighted by Crippen LogP contribution is 2.28. The van der Waals surface area contributed by atoms with Gasteiger partial charge in [-0.15, -0.1) is 0 Å². The molecule has 158 valence electrons. The van der Waals surface area contributed by atoms with E-state index in [9.17, 15) is 9.18 Å². The molecule has 1 aromatic carbocycles. The Bertz CT molecular complexity index is 719. The minimum atomic E-state index is -0.117. The Morgan fingerprint density at radius 1 is 1.07 bits per heavy atom. The number of carbonyl (C=O) groups is 1. The fourth-order valence-corrected chi connectivity index (χ4v) is 5.04. The summed E-state index contributed by atoms with van der Waals surface area (Å²) in [4.78, 5) is 17.0. The zero-order chi connectivity index (χ0) is 20.1. The highest BCUT2D eigenvalue weighted by atomic mass is 19.1. The Morgan fingerprint density at radius 3 is 2.52 bits per heavy atom. The zero-order valence-electron chi connectivity index (χ0n) is 17.4. The van der Waals surface area contributed by atoms with Gasteiger partial charge in [-0.05, 0) is 76.0 Å². The third-order valence-corrected chi connectivity index (χ3v) is 6.93. The van der Waals surface area contributed by atoms with Gasteiger partial charge in [0.25, 0.3) is 0 Å². The number of benzene rings is 1. The molecule has 1 saturated carbocycles. The van der Waals surface area contributed by atoms with E-state index in [1.807, 2.05) is 12.1 Å². The molecule has 2 fully saturated rings. The summed E-state index contributed by atoms with van der Waals surface area (Å²) in [6.45, 7) is 4.95. The lowest BCUT2D eigenvalue weighted by Gasteiger charge is -2.37. The maximum atomic E-state index is 14.0. The number of allylic oxidation sites excluding steroid dienone is 1. The molecule has 4 nitrogen and oxygen atoms in total.